The lowest BCUT2D eigenvalue weighted by molar-refractivity contribution is -0.222. The van der Waals surface area contributed by atoms with E-state index in [4.69, 9.17) is 15.6 Å². The summed E-state index contributed by atoms with van der Waals surface area (Å²) in [6.45, 7) is 3.13. The maximum absolute atomic E-state index is 10.0. The average molecular weight is 163 g/mol. The van der Waals surface area contributed by atoms with Gasteiger partial charge in [0.2, 0.25) is 5.91 Å². The minimum atomic E-state index is -1.30. The molecule has 1 atom stereocenters. The summed E-state index contributed by atoms with van der Waals surface area (Å²) < 4.78 is 9.56. The first kappa shape index (κ1) is 10.3. The summed E-state index contributed by atoms with van der Waals surface area (Å²) in [5.74, 6) is -2.37. The molecule has 0 amide bonds. The lowest BCUT2D eigenvalue weighted by Crippen LogP contribution is -2.43. The van der Waals surface area contributed by atoms with Crippen molar-refractivity contribution in [2.75, 3.05) is 13.2 Å². The van der Waals surface area contributed by atoms with Gasteiger partial charge in [0.1, 0.15) is 6.61 Å². The summed E-state index contributed by atoms with van der Waals surface area (Å²) in [7, 11) is 0. The molecule has 0 aliphatic rings. The highest BCUT2D eigenvalue weighted by molar-refractivity contribution is 5.68. The van der Waals surface area contributed by atoms with Gasteiger partial charge in [-0.1, -0.05) is 0 Å². The lowest BCUT2D eigenvalue weighted by atomic mass is 10.5. The van der Waals surface area contributed by atoms with Crippen LogP contribution in [0.2, 0.25) is 0 Å². The minimum Gasteiger partial charge on any atom is -0.480 e. The average Bonchev–Trinajstić information content (AvgIpc) is 1.84. The Hall–Kier alpha value is -0.650. The second-order valence-electron chi connectivity index (χ2n) is 2.13. The molecule has 0 aromatic carbocycles. The van der Waals surface area contributed by atoms with Crippen molar-refractivity contribution in [3.8, 4) is 0 Å². The molecule has 0 aromatic heterocycles. The summed E-state index contributed by atoms with van der Waals surface area (Å²) in [5, 5.41) is 8.21. The second-order valence-corrected chi connectivity index (χ2v) is 2.13. The van der Waals surface area contributed by atoms with Gasteiger partial charge in [0, 0.05) is 13.5 Å². The van der Waals surface area contributed by atoms with Crippen LogP contribution in [0.4, 0.5) is 0 Å². The predicted molar refractivity (Wildman–Crippen MR) is 37.8 cm³/mol. The Bertz CT molecular complexity index is 135. The van der Waals surface area contributed by atoms with Crippen LogP contribution in [0, 0.1) is 0 Å². The molecule has 0 spiro atoms. The Labute approximate surface area is 65.1 Å². The largest absolute Gasteiger partial charge is 0.480 e. The molecule has 0 saturated carbocycles. The van der Waals surface area contributed by atoms with Crippen molar-refractivity contribution in [2.45, 2.75) is 19.8 Å². The van der Waals surface area contributed by atoms with Gasteiger partial charge in [-0.3, -0.25) is 5.73 Å². The number of ether oxygens (including phenoxy) is 2. The number of hydrogen-bond acceptors (Lipinski definition) is 4. The topological polar surface area (TPSA) is 81.8 Å². The monoisotopic (exact) mass is 163 g/mol. The number of aliphatic carboxylic acids is 1. The maximum atomic E-state index is 10.0. The van der Waals surface area contributed by atoms with E-state index in [-0.39, 0.29) is 0 Å². The highest BCUT2D eigenvalue weighted by Gasteiger charge is 2.19. The van der Waals surface area contributed by atoms with Crippen molar-refractivity contribution in [3.05, 3.63) is 0 Å². The first-order valence-electron chi connectivity index (χ1n) is 3.26. The van der Waals surface area contributed by atoms with E-state index < -0.39 is 18.5 Å². The molecule has 0 bridgehead atoms. The number of carbonyl (C=O) groups is 1. The van der Waals surface area contributed by atoms with Gasteiger partial charge in [-0.15, -0.1) is 0 Å². The van der Waals surface area contributed by atoms with Crippen LogP contribution >= 0.6 is 0 Å². The molecule has 0 heterocycles. The third-order valence-electron chi connectivity index (χ3n) is 0.913. The first-order valence-corrected chi connectivity index (χ1v) is 3.26. The van der Waals surface area contributed by atoms with Gasteiger partial charge >= 0.3 is 5.97 Å². The fourth-order valence-corrected chi connectivity index (χ4v) is 0.533. The SMILES string of the molecule is CCOC(C)(N)OCC(=O)O. The van der Waals surface area contributed by atoms with Crippen molar-refractivity contribution in [1.82, 2.24) is 0 Å². The fourth-order valence-electron chi connectivity index (χ4n) is 0.533. The summed E-state index contributed by atoms with van der Waals surface area (Å²) in [4.78, 5) is 10.0. The number of carboxylic acid groups (broad SMARTS) is 1. The van der Waals surface area contributed by atoms with E-state index in [1.807, 2.05) is 0 Å². The van der Waals surface area contributed by atoms with Crippen molar-refractivity contribution >= 4 is 5.97 Å². The van der Waals surface area contributed by atoms with Crippen LogP contribution in [0.25, 0.3) is 0 Å². The van der Waals surface area contributed by atoms with Crippen molar-refractivity contribution in [1.29, 1.82) is 0 Å². The van der Waals surface area contributed by atoms with E-state index in [0.717, 1.165) is 0 Å². The maximum Gasteiger partial charge on any atom is 0.329 e. The third kappa shape index (κ3) is 5.78. The smallest absolute Gasteiger partial charge is 0.329 e. The van der Waals surface area contributed by atoms with Crippen LogP contribution < -0.4 is 5.73 Å². The van der Waals surface area contributed by atoms with Gasteiger partial charge in [0.05, 0.1) is 0 Å². The molecule has 0 rings (SSSR count). The Balaban J connectivity index is 3.63. The Morgan fingerprint density at radius 2 is 2.18 bits per heavy atom. The molecule has 11 heavy (non-hydrogen) atoms. The normalized spacial score (nSPS) is 15.9. The van der Waals surface area contributed by atoms with Crippen LogP contribution in [0.15, 0.2) is 0 Å². The molecule has 66 valence electrons. The Kier molecular flexibility index (Phi) is 4.02. The zero-order chi connectivity index (χ0) is 8.91. The molecular formula is C6H13NO4. The highest BCUT2D eigenvalue weighted by atomic mass is 16.7. The third-order valence-corrected chi connectivity index (χ3v) is 0.913. The van der Waals surface area contributed by atoms with Crippen LogP contribution in [-0.4, -0.2) is 30.2 Å². The van der Waals surface area contributed by atoms with Crippen LogP contribution in [0.3, 0.4) is 0 Å². The molecule has 0 radical (unpaired) electrons. The Morgan fingerprint density at radius 1 is 1.64 bits per heavy atom. The number of rotatable bonds is 5. The van der Waals surface area contributed by atoms with E-state index in [2.05, 4.69) is 4.74 Å². The van der Waals surface area contributed by atoms with Crippen LogP contribution in [-0.2, 0) is 14.3 Å². The van der Waals surface area contributed by atoms with Gasteiger partial charge in [-0.25, -0.2) is 4.79 Å². The second kappa shape index (κ2) is 4.27. The lowest BCUT2D eigenvalue weighted by Gasteiger charge is -2.23. The molecule has 1 unspecified atom stereocenters. The number of nitrogens with two attached hydrogens (primary N) is 1. The van der Waals surface area contributed by atoms with Gasteiger partial charge in [-0.2, -0.15) is 0 Å². The van der Waals surface area contributed by atoms with Gasteiger partial charge in [0.15, 0.2) is 0 Å². The molecule has 0 fully saturated rings. The van der Waals surface area contributed by atoms with E-state index in [1.165, 1.54) is 6.92 Å². The summed E-state index contributed by atoms with van der Waals surface area (Å²) >= 11 is 0. The van der Waals surface area contributed by atoms with Gasteiger partial charge in [0.25, 0.3) is 0 Å². The molecule has 5 nitrogen and oxygen atoms in total. The summed E-state index contributed by atoms with van der Waals surface area (Å²) in [6.07, 6.45) is 0. The Morgan fingerprint density at radius 3 is 2.55 bits per heavy atom. The van der Waals surface area contributed by atoms with Crippen LogP contribution in [0.1, 0.15) is 13.8 Å². The standard InChI is InChI=1S/C6H13NO4/c1-3-10-6(2,7)11-4-5(8)9/h3-4,7H2,1-2H3,(H,8,9). The van der Waals surface area contributed by atoms with E-state index >= 15 is 0 Å². The fraction of sp³-hybridized carbons (Fsp3) is 0.833. The van der Waals surface area contributed by atoms with E-state index in [9.17, 15) is 4.79 Å². The zero-order valence-corrected chi connectivity index (χ0v) is 6.66. The number of hydrogen-bond donors (Lipinski definition) is 2. The first-order chi connectivity index (χ1) is 4.98. The van der Waals surface area contributed by atoms with Crippen molar-refractivity contribution < 1.29 is 19.4 Å². The van der Waals surface area contributed by atoms with Crippen LogP contribution in [0.5, 0.6) is 0 Å². The quantitative estimate of drug-likeness (QED) is 0.546. The zero-order valence-electron chi connectivity index (χ0n) is 6.66. The molecule has 0 aliphatic carbocycles. The minimum absolute atomic E-state index is 0.382. The van der Waals surface area contributed by atoms with Gasteiger partial charge in [-0.05, 0) is 6.92 Å². The molecule has 5 heteroatoms. The summed E-state index contributed by atoms with van der Waals surface area (Å²) in [6, 6.07) is 0. The molecule has 3 N–H and O–H groups in total. The highest BCUT2D eigenvalue weighted by Crippen LogP contribution is 2.02. The molecule has 0 saturated heterocycles. The van der Waals surface area contributed by atoms with Crippen molar-refractivity contribution in [2.24, 2.45) is 5.73 Å². The van der Waals surface area contributed by atoms with E-state index in [0.29, 0.717) is 6.61 Å². The van der Waals surface area contributed by atoms with Crippen molar-refractivity contribution in [3.63, 3.8) is 0 Å². The summed E-state index contributed by atoms with van der Waals surface area (Å²) in [5.41, 5.74) is 5.37. The molecular weight excluding hydrogens is 150 g/mol. The molecule has 0 aliphatic heterocycles. The molecule has 0 aromatic rings. The predicted octanol–water partition coefficient (Wildman–Crippen LogP) is -0.244. The number of carboxylic acids is 1. The van der Waals surface area contributed by atoms with Gasteiger partial charge < -0.3 is 14.6 Å². The van der Waals surface area contributed by atoms with E-state index in [1.54, 1.807) is 6.92 Å².